The second-order valence-electron chi connectivity index (χ2n) is 27.7. The summed E-state index contributed by atoms with van der Waals surface area (Å²) in [6.45, 7) is 18.1. The minimum atomic E-state index is -2.37. The van der Waals surface area contributed by atoms with Gasteiger partial charge in [0, 0.05) is 79.2 Å². The van der Waals surface area contributed by atoms with E-state index in [0.717, 1.165) is 0 Å². The van der Waals surface area contributed by atoms with Crippen molar-refractivity contribution in [2.45, 2.75) is 204 Å². The van der Waals surface area contributed by atoms with Gasteiger partial charge in [-0.1, -0.05) is 76.2 Å². The van der Waals surface area contributed by atoms with Crippen LogP contribution in [0.1, 0.15) is 159 Å². The Morgan fingerprint density at radius 1 is 0.800 bits per heavy atom. The van der Waals surface area contributed by atoms with Crippen LogP contribution in [0.4, 0.5) is 4.79 Å². The summed E-state index contributed by atoms with van der Waals surface area (Å²) in [5, 5.41) is 62.8. The van der Waals surface area contributed by atoms with Gasteiger partial charge in [-0.2, -0.15) is 5.10 Å². The molecule has 29 heteroatoms. The number of hydrogen-bond donors (Lipinski definition) is 8. The van der Waals surface area contributed by atoms with E-state index in [2.05, 4.69) is 21.1 Å². The van der Waals surface area contributed by atoms with Crippen molar-refractivity contribution in [1.29, 1.82) is 0 Å². The number of fused-ring (bicyclic) bond motifs is 5. The second-order valence-corrected chi connectivity index (χ2v) is 28.6. The number of alkyl carbamates (subject to hydrolysis) is 1. The van der Waals surface area contributed by atoms with Gasteiger partial charge in [0.1, 0.15) is 35.6 Å². The molecule has 2 bridgehead atoms. The van der Waals surface area contributed by atoms with Crippen molar-refractivity contribution in [3.63, 3.8) is 0 Å². The number of nitrogens with zero attached hydrogens (tertiary/aromatic N) is 1. The SMILES string of the molecule is CC(=O)O[C@@]12CO[C@@H]1C[C@H](O)[C@@]1(C)[C@H](O)[C@H](O)[C@@H]3C(C)[C@@H](OC(=O)[C@H](OC(=O)CCC/C(C)=N/N)[C@@H](NC(=O)OC(C)(C)C)c4ccccc4)C[C@@](O)([C@@H](OC(=O)c4ccccc4)[C@H]21)C3(C)C.COCCOCCOCCC(=O)NCCCCC(NC(=O)c1ccc(S(=O)[O-])cc1)C(C)=O. The molecule has 3 saturated carbocycles. The van der Waals surface area contributed by atoms with Gasteiger partial charge in [-0.25, -0.2) is 14.4 Å². The number of aliphatic hydroxyl groups excluding tert-OH is 3. The van der Waals surface area contributed by atoms with E-state index < -0.39 is 154 Å². The van der Waals surface area contributed by atoms with E-state index in [1.165, 1.54) is 57.2 Å². The quantitative estimate of drug-likeness (QED) is 0.00798. The van der Waals surface area contributed by atoms with Crippen LogP contribution in [-0.2, 0) is 77.7 Å². The standard InChI is InChI=1S/C49H67N3O15.C22H34N2O8S/c1-26(52-50)17-16-22-34(55)64-38(36(29-18-12-10-13-19-29)51-44(60)67-45(4,5)6)43(59)63-31-24-49(61)41(65-42(58)30-20-14-11-15-21-30)39-47(9,40(57)37(56)35(27(31)2)46(49,7)8)32(54)23-33-48(39,25-62-33)66-28(3)53;1-17(25)20(24-22(27)18-6-8-19(9-7-18)33(28)29)5-3-4-11-23-21(26)10-12-31-15-16-32-14-13-30-2/h10-15,18-21,27,31-33,35-41,54,56-57,61H,16-17,22-25,50H2,1-9H3,(H,51,60);6-9,20H,3-5,10-16H2,1-2H3,(H,23,26)(H,24,27)(H,28,29)/p-1/b52-26+;/t27?,31-,32-,33+,35-,36-,37+,38+,39-,40+,41-,47+,48-,49+;/m0./s1. The summed E-state index contributed by atoms with van der Waals surface area (Å²) < 4.78 is 73.6. The summed E-state index contributed by atoms with van der Waals surface area (Å²) in [5.74, 6) is -2.48. The molecule has 1 saturated heterocycles. The van der Waals surface area contributed by atoms with E-state index in [1.54, 1.807) is 104 Å². The zero-order valence-electron chi connectivity index (χ0n) is 58.8. The highest BCUT2D eigenvalue weighted by atomic mass is 32.2. The number of benzene rings is 3. The molecule has 3 aromatic rings. The number of nitrogens with two attached hydrogens (primary N) is 1. The fraction of sp³-hybridized carbons (Fsp3) is 0.620. The molecule has 3 unspecified atom stereocenters. The molecule has 0 radical (unpaired) electrons. The first-order valence-corrected chi connectivity index (χ1v) is 34.7. The van der Waals surface area contributed by atoms with E-state index in [9.17, 15) is 62.7 Å². The summed E-state index contributed by atoms with van der Waals surface area (Å²) in [7, 11) is 1.60. The number of carbonyl (C=O) groups excluding carboxylic acids is 8. The first-order chi connectivity index (χ1) is 47.2. The monoisotopic (exact) mass is 1420 g/mol. The minimum absolute atomic E-state index is 0.0789. The second kappa shape index (κ2) is 36.5. The highest BCUT2D eigenvalue weighted by Gasteiger charge is 2.79. The maximum absolute atomic E-state index is 15.0. The van der Waals surface area contributed by atoms with Crippen molar-refractivity contribution < 1.29 is 110 Å². The van der Waals surface area contributed by atoms with Gasteiger partial charge in [-0.3, -0.25) is 28.2 Å². The lowest BCUT2D eigenvalue weighted by Gasteiger charge is -2.70. The zero-order chi connectivity index (χ0) is 73.9. The molecule has 3 aliphatic carbocycles. The minimum Gasteiger partial charge on any atom is -0.768 e. The number of hydrazone groups is 1. The number of rotatable bonds is 31. The predicted molar refractivity (Wildman–Crippen MR) is 360 cm³/mol. The number of Topliss-reactive ketones (excluding diaryl/α,β-unsaturated/α-hetero) is 1. The van der Waals surface area contributed by atoms with Crippen LogP contribution in [0.15, 0.2) is 94.9 Å². The lowest BCUT2D eigenvalue weighted by Crippen LogP contribution is -2.83. The van der Waals surface area contributed by atoms with Crippen molar-refractivity contribution in [3.8, 4) is 0 Å². The number of nitrogens with one attached hydrogen (secondary N) is 3. The summed E-state index contributed by atoms with van der Waals surface area (Å²) in [6.07, 6.45) is -10.2. The van der Waals surface area contributed by atoms with Gasteiger partial charge in [0.25, 0.3) is 5.91 Å². The van der Waals surface area contributed by atoms with Crippen LogP contribution in [0.5, 0.6) is 0 Å². The topological polar surface area (TPSA) is 415 Å². The normalized spacial score (nSPS) is 27.1. The number of methoxy groups -OCH3 is 1. The van der Waals surface area contributed by atoms with Gasteiger partial charge in [0.15, 0.2) is 11.4 Å². The molecule has 4 fully saturated rings. The molecule has 7 rings (SSSR count). The summed E-state index contributed by atoms with van der Waals surface area (Å²) in [4.78, 5) is 106. The number of ketones is 1. The third-order valence-corrected chi connectivity index (χ3v) is 20.0. The zero-order valence-corrected chi connectivity index (χ0v) is 59.6. The Morgan fingerprint density at radius 3 is 2.01 bits per heavy atom. The van der Waals surface area contributed by atoms with E-state index >= 15 is 4.79 Å². The van der Waals surface area contributed by atoms with Gasteiger partial charge in [0.05, 0.1) is 75.5 Å². The van der Waals surface area contributed by atoms with Crippen molar-refractivity contribution in [1.82, 2.24) is 16.0 Å². The van der Waals surface area contributed by atoms with E-state index in [4.69, 9.17) is 48.5 Å². The molecule has 1 aliphatic heterocycles. The molecule has 554 valence electrons. The van der Waals surface area contributed by atoms with Crippen LogP contribution in [0.3, 0.4) is 0 Å². The molecular weight excluding hydrogens is 1320 g/mol. The Morgan fingerprint density at radius 2 is 1.43 bits per heavy atom. The number of esters is 4. The van der Waals surface area contributed by atoms with Crippen molar-refractivity contribution in [2.75, 3.05) is 53.3 Å². The average Bonchev–Trinajstić information content (AvgIpc) is 0.671. The Hall–Kier alpha value is -7.32. The van der Waals surface area contributed by atoms with E-state index in [0.29, 0.717) is 76.5 Å². The van der Waals surface area contributed by atoms with Gasteiger partial charge >= 0.3 is 30.0 Å². The average molecular weight is 1420 g/mol. The maximum Gasteiger partial charge on any atom is 0.408 e. The molecule has 16 atom stereocenters. The summed E-state index contributed by atoms with van der Waals surface area (Å²) in [6, 6.07) is 19.6. The molecule has 1 heterocycles. The fourth-order valence-electron chi connectivity index (χ4n) is 14.0. The molecular formula is C71H100N5O23S-. The number of aliphatic hydroxyl groups is 4. The maximum atomic E-state index is 15.0. The highest BCUT2D eigenvalue weighted by molar-refractivity contribution is 7.79. The molecule has 3 amide bonds. The molecule has 9 N–H and O–H groups in total. The molecule has 28 nitrogen and oxygen atoms in total. The number of unbranched alkanes of at least 4 members (excludes halogenated alkanes) is 1. The van der Waals surface area contributed by atoms with Crippen LogP contribution in [0, 0.1) is 28.6 Å². The number of carbonyl (C=O) groups is 8. The fourth-order valence-corrected chi connectivity index (χ4v) is 14.3. The highest BCUT2D eigenvalue weighted by Crippen LogP contribution is 2.66. The van der Waals surface area contributed by atoms with E-state index in [-0.39, 0.29) is 60.0 Å². The summed E-state index contributed by atoms with van der Waals surface area (Å²) in [5.41, 5.74) is -7.05. The first kappa shape index (κ1) is 81.6. The van der Waals surface area contributed by atoms with Crippen LogP contribution in [0.25, 0.3) is 0 Å². The van der Waals surface area contributed by atoms with Gasteiger partial charge in [0.2, 0.25) is 12.0 Å². The number of ether oxygens (including phenoxy) is 9. The van der Waals surface area contributed by atoms with Gasteiger partial charge in [-0.15, -0.1) is 0 Å². The Bertz CT molecular complexity index is 3300. The molecule has 0 spiro atoms. The van der Waals surface area contributed by atoms with Crippen molar-refractivity contribution in [2.24, 2.45) is 39.5 Å². The Labute approximate surface area is 586 Å². The Balaban J connectivity index is 0.000000401. The number of hydrogen-bond acceptors (Lipinski definition) is 25. The number of amides is 3. The van der Waals surface area contributed by atoms with Gasteiger partial charge in [-0.05, 0) is 126 Å². The third kappa shape index (κ3) is 20.5. The van der Waals surface area contributed by atoms with E-state index in [1.807, 2.05) is 0 Å². The lowest BCUT2D eigenvalue weighted by molar-refractivity contribution is -0.379. The molecule has 4 aliphatic rings. The van der Waals surface area contributed by atoms with Gasteiger partial charge < -0.3 is 89.4 Å². The van der Waals surface area contributed by atoms with Crippen molar-refractivity contribution in [3.05, 3.63) is 102 Å². The summed E-state index contributed by atoms with van der Waals surface area (Å²) >= 11 is -2.37. The van der Waals surface area contributed by atoms with Crippen molar-refractivity contribution >= 4 is 64.4 Å². The smallest absolute Gasteiger partial charge is 0.408 e. The van der Waals surface area contributed by atoms with Crippen LogP contribution >= 0.6 is 0 Å². The Kier molecular flexibility index (Phi) is 29.8. The van der Waals surface area contributed by atoms with Crippen LogP contribution < -0.4 is 21.8 Å². The van der Waals surface area contributed by atoms with Crippen LogP contribution in [0.2, 0.25) is 0 Å². The molecule has 100 heavy (non-hydrogen) atoms. The lowest BCUT2D eigenvalue weighted by atomic mass is 9.42. The van der Waals surface area contributed by atoms with Crippen LogP contribution in [-0.4, -0.2) is 201 Å². The third-order valence-electron chi connectivity index (χ3n) is 19.4. The first-order valence-electron chi connectivity index (χ1n) is 33.6. The molecule has 3 aromatic carbocycles. The largest absolute Gasteiger partial charge is 0.768 e. The molecule has 0 aromatic heterocycles. The predicted octanol–water partition coefficient (Wildman–Crippen LogP) is 5.01.